The molecule has 4 nitrogen and oxygen atoms in total. The van der Waals surface area contributed by atoms with E-state index in [0.717, 1.165) is 32.7 Å². The molecule has 2 unspecified atom stereocenters. The third-order valence-corrected chi connectivity index (χ3v) is 5.12. The van der Waals surface area contributed by atoms with Gasteiger partial charge in [0.05, 0.1) is 19.1 Å². The highest BCUT2D eigenvalue weighted by atomic mass is 16.5. The van der Waals surface area contributed by atoms with E-state index in [-0.39, 0.29) is 11.3 Å². The highest BCUT2D eigenvalue weighted by Crippen LogP contribution is 2.59. The van der Waals surface area contributed by atoms with E-state index < -0.39 is 5.97 Å². The van der Waals surface area contributed by atoms with Gasteiger partial charge in [-0.25, -0.2) is 0 Å². The Bertz CT molecular complexity index is 319. The average Bonchev–Trinajstić information content (AvgIpc) is 3.00. The Morgan fingerprint density at radius 2 is 2.00 bits per heavy atom. The molecule has 0 bridgehead atoms. The molecule has 0 aromatic rings. The van der Waals surface area contributed by atoms with Gasteiger partial charge in [-0.15, -0.1) is 0 Å². The zero-order chi connectivity index (χ0) is 12.0. The topological polar surface area (TPSA) is 49.8 Å². The van der Waals surface area contributed by atoms with Crippen molar-refractivity contribution in [2.75, 3.05) is 33.4 Å². The number of aliphatic carboxylic acids is 1. The van der Waals surface area contributed by atoms with Crippen LogP contribution in [0.25, 0.3) is 0 Å². The van der Waals surface area contributed by atoms with Gasteiger partial charge in [-0.1, -0.05) is 0 Å². The Balaban J connectivity index is 1.68. The summed E-state index contributed by atoms with van der Waals surface area (Å²) in [5.41, 5.74) is 0.213. The lowest BCUT2D eigenvalue weighted by molar-refractivity contribution is -0.173. The first kappa shape index (κ1) is 11.5. The van der Waals surface area contributed by atoms with Gasteiger partial charge in [-0.3, -0.25) is 4.79 Å². The lowest BCUT2D eigenvalue weighted by Gasteiger charge is -2.50. The Morgan fingerprint density at radius 1 is 1.35 bits per heavy atom. The van der Waals surface area contributed by atoms with Crippen molar-refractivity contribution in [3.8, 4) is 0 Å². The van der Waals surface area contributed by atoms with Crippen LogP contribution in [0.4, 0.5) is 0 Å². The summed E-state index contributed by atoms with van der Waals surface area (Å²) in [5.74, 6) is 0.386. The van der Waals surface area contributed by atoms with E-state index in [0.29, 0.717) is 11.8 Å². The summed E-state index contributed by atoms with van der Waals surface area (Å²) in [4.78, 5) is 13.4. The van der Waals surface area contributed by atoms with E-state index in [1.165, 1.54) is 12.8 Å². The number of carbonyl (C=O) groups is 1. The molecule has 3 aliphatic rings. The zero-order valence-corrected chi connectivity index (χ0v) is 10.4. The molecule has 1 N–H and O–H groups in total. The van der Waals surface area contributed by atoms with E-state index in [1.54, 1.807) is 0 Å². The molecule has 17 heavy (non-hydrogen) atoms. The number of rotatable bonds is 3. The number of ether oxygens (including phenoxy) is 1. The molecule has 2 aliphatic heterocycles. The molecule has 0 amide bonds. The van der Waals surface area contributed by atoms with E-state index in [2.05, 4.69) is 11.9 Å². The molecule has 0 aromatic carbocycles. The number of piperidine rings is 1. The summed E-state index contributed by atoms with van der Waals surface area (Å²) in [6.07, 6.45) is 3.30. The van der Waals surface area contributed by atoms with E-state index in [9.17, 15) is 4.79 Å². The summed E-state index contributed by atoms with van der Waals surface area (Å²) < 4.78 is 5.44. The van der Waals surface area contributed by atoms with Gasteiger partial charge in [0, 0.05) is 5.41 Å². The Morgan fingerprint density at radius 3 is 2.41 bits per heavy atom. The van der Waals surface area contributed by atoms with Crippen molar-refractivity contribution in [2.45, 2.75) is 19.3 Å². The third kappa shape index (κ3) is 1.78. The molecule has 2 saturated heterocycles. The minimum Gasteiger partial charge on any atom is -0.481 e. The number of nitrogens with zero attached hydrogens (tertiary/aromatic N) is 1. The van der Waals surface area contributed by atoms with Gasteiger partial charge in [-0.2, -0.15) is 0 Å². The van der Waals surface area contributed by atoms with Crippen LogP contribution in [-0.2, 0) is 9.53 Å². The fraction of sp³-hybridized carbons (Fsp3) is 0.923. The van der Waals surface area contributed by atoms with Crippen molar-refractivity contribution < 1.29 is 14.6 Å². The predicted octanol–water partition coefficient (Wildman–Crippen LogP) is 1.07. The van der Waals surface area contributed by atoms with Gasteiger partial charge in [0.25, 0.3) is 0 Å². The predicted molar refractivity (Wildman–Crippen MR) is 62.7 cm³/mol. The Kier molecular flexibility index (Phi) is 2.67. The first-order chi connectivity index (χ1) is 8.13. The molecule has 0 radical (unpaired) electrons. The van der Waals surface area contributed by atoms with Crippen molar-refractivity contribution in [2.24, 2.45) is 23.2 Å². The van der Waals surface area contributed by atoms with Crippen LogP contribution in [0.5, 0.6) is 0 Å². The Labute approximate surface area is 102 Å². The first-order valence-electron chi connectivity index (χ1n) is 6.62. The van der Waals surface area contributed by atoms with Crippen LogP contribution in [0.3, 0.4) is 0 Å². The van der Waals surface area contributed by atoms with Crippen LogP contribution in [0, 0.1) is 23.2 Å². The molecule has 96 valence electrons. The Hall–Kier alpha value is -0.610. The molecule has 3 fully saturated rings. The SMILES string of the molecule is CN1CCC(C2(C3CC3C(=O)O)COC2)CC1. The van der Waals surface area contributed by atoms with E-state index in [1.807, 2.05) is 0 Å². The third-order valence-electron chi connectivity index (χ3n) is 5.12. The second kappa shape index (κ2) is 3.95. The van der Waals surface area contributed by atoms with Crippen LogP contribution in [0.15, 0.2) is 0 Å². The smallest absolute Gasteiger partial charge is 0.306 e. The summed E-state index contributed by atoms with van der Waals surface area (Å²) in [6, 6.07) is 0. The summed E-state index contributed by atoms with van der Waals surface area (Å²) in [7, 11) is 2.16. The molecule has 2 heterocycles. The summed E-state index contributed by atoms with van der Waals surface area (Å²) >= 11 is 0. The maximum atomic E-state index is 11.0. The monoisotopic (exact) mass is 239 g/mol. The van der Waals surface area contributed by atoms with Crippen LogP contribution in [0.1, 0.15) is 19.3 Å². The second-order valence-electron chi connectivity index (χ2n) is 6.09. The number of carboxylic acid groups (broad SMARTS) is 1. The standard InChI is InChI=1S/C13H21NO3/c1-14-4-2-9(3-5-14)13(7-17-8-13)11-6-10(11)12(15)16/h9-11H,2-8H2,1H3,(H,15,16). The summed E-state index contributed by atoms with van der Waals surface area (Å²) in [5, 5.41) is 9.10. The van der Waals surface area contributed by atoms with Crippen molar-refractivity contribution in [3.05, 3.63) is 0 Å². The second-order valence-corrected chi connectivity index (χ2v) is 6.09. The molecular weight excluding hydrogens is 218 g/mol. The first-order valence-corrected chi connectivity index (χ1v) is 6.62. The highest BCUT2D eigenvalue weighted by Gasteiger charge is 2.62. The molecular formula is C13H21NO3. The number of hydrogen-bond acceptors (Lipinski definition) is 3. The van der Waals surface area contributed by atoms with Gasteiger partial charge in [0.15, 0.2) is 0 Å². The minimum atomic E-state index is -0.603. The number of carboxylic acids is 1. The number of hydrogen-bond donors (Lipinski definition) is 1. The van der Waals surface area contributed by atoms with Crippen molar-refractivity contribution in [3.63, 3.8) is 0 Å². The van der Waals surface area contributed by atoms with Crippen molar-refractivity contribution in [1.29, 1.82) is 0 Å². The maximum Gasteiger partial charge on any atom is 0.306 e. The fourth-order valence-corrected chi connectivity index (χ4v) is 3.78. The highest BCUT2D eigenvalue weighted by molar-refractivity contribution is 5.73. The van der Waals surface area contributed by atoms with Gasteiger partial charge in [-0.05, 0) is 51.2 Å². The zero-order valence-electron chi connectivity index (χ0n) is 10.4. The molecule has 0 aromatic heterocycles. The van der Waals surface area contributed by atoms with E-state index >= 15 is 0 Å². The molecule has 0 spiro atoms. The molecule has 4 heteroatoms. The van der Waals surface area contributed by atoms with E-state index in [4.69, 9.17) is 9.84 Å². The normalized spacial score (nSPS) is 37.5. The molecule has 3 rings (SSSR count). The van der Waals surface area contributed by atoms with Gasteiger partial charge in [0.2, 0.25) is 0 Å². The lowest BCUT2D eigenvalue weighted by Crippen LogP contribution is -2.53. The summed E-state index contributed by atoms with van der Waals surface area (Å²) in [6.45, 7) is 3.90. The van der Waals surface area contributed by atoms with Crippen LogP contribution in [0.2, 0.25) is 0 Å². The molecule has 1 saturated carbocycles. The lowest BCUT2D eigenvalue weighted by atomic mass is 9.65. The maximum absolute atomic E-state index is 11.0. The largest absolute Gasteiger partial charge is 0.481 e. The molecule has 1 aliphatic carbocycles. The van der Waals surface area contributed by atoms with Gasteiger partial charge in [0.1, 0.15) is 0 Å². The molecule has 2 atom stereocenters. The van der Waals surface area contributed by atoms with Gasteiger partial charge >= 0.3 is 5.97 Å². The van der Waals surface area contributed by atoms with Crippen molar-refractivity contribution >= 4 is 5.97 Å². The van der Waals surface area contributed by atoms with Crippen LogP contribution < -0.4 is 0 Å². The number of likely N-dealkylation sites (tertiary alicyclic amines) is 1. The quantitative estimate of drug-likeness (QED) is 0.800. The fourth-order valence-electron chi connectivity index (χ4n) is 3.78. The van der Waals surface area contributed by atoms with Gasteiger partial charge < -0.3 is 14.7 Å². The average molecular weight is 239 g/mol. The van der Waals surface area contributed by atoms with Crippen molar-refractivity contribution in [1.82, 2.24) is 4.90 Å². The van der Waals surface area contributed by atoms with Crippen LogP contribution >= 0.6 is 0 Å². The van der Waals surface area contributed by atoms with Crippen LogP contribution in [-0.4, -0.2) is 49.3 Å². The minimum absolute atomic E-state index is 0.0847.